The largest absolute Gasteiger partial charge is 0.573 e. The molecule has 2 amide bonds. The van der Waals surface area contributed by atoms with Gasteiger partial charge in [-0.25, -0.2) is 0 Å². The number of hydrogen-bond acceptors (Lipinski definition) is 3. The van der Waals surface area contributed by atoms with Gasteiger partial charge in [0.05, 0.1) is 11.1 Å². The van der Waals surface area contributed by atoms with Crippen LogP contribution in [-0.4, -0.2) is 33.8 Å². The van der Waals surface area contributed by atoms with Crippen LogP contribution in [0.25, 0.3) is 22.2 Å². The molecule has 0 saturated carbocycles. The summed E-state index contributed by atoms with van der Waals surface area (Å²) in [7, 11) is 0. The molecule has 9 heteroatoms. The van der Waals surface area contributed by atoms with Crippen molar-refractivity contribution < 1.29 is 27.5 Å². The standard InChI is InChI=1S/C29H36F3N3O3/c1-26(2,3)33-24(36)17-35-21-14-13-19(28(7,8)25(37)34-27(4,5)6)15-18(21)16-22(35)20-11-9-10-12-23(20)38-29(30,31)32/h9-16H,17H2,1-8H3,(H,33,36)(H,34,37). The van der Waals surface area contributed by atoms with Crippen molar-refractivity contribution in [1.82, 2.24) is 15.2 Å². The molecule has 0 spiro atoms. The molecule has 0 fully saturated rings. The number of halogens is 3. The fraction of sp³-hybridized carbons (Fsp3) is 0.448. The van der Waals surface area contributed by atoms with Crippen LogP contribution >= 0.6 is 0 Å². The number of rotatable bonds is 6. The number of carbonyl (C=O) groups is 2. The fourth-order valence-corrected chi connectivity index (χ4v) is 4.17. The number of benzene rings is 2. The first-order valence-electron chi connectivity index (χ1n) is 12.4. The van der Waals surface area contributed by atoms with Gasteiger partial charge in [0, 0.05) is 27.5 Å². The highest BCUT2D eigenvalue weighted by atomic mass is 19.4. The highest BCUT2D eigenvalue weighted by Crippen LogP contribution is 2.38. The molecule has 1 heterocycles. The van der Waals surface area contributed by atoms with Crippen molar-refractivity contribution in [3.63, 3.8) is 0 Å². The van der Waals surface area contributed by atoms with E-state index in [0.29, 0.717) is 16.6 Å². The summed E-state index contributed by atoms with van der Waals surface area (Å²) >= 11 is 0. The maximum Gasteiger partial charge on any atom is 0.573 e. The second kappa shape index (κ2) is 10.0. The molecule has 0 aliphatic heterocycles. The van der Waals surface area contributed by atoms with Crippen molar-refractivity contribution in [2.75, 3.05) is 0 Å². The van der Waals surface area contributed by atoms with Crippen molar-refractivity contribution >= 4 is 22.7 Å². The molecule has 3 aromatic rings. The van der Waals surface area contributed by atoms with Crippen LogP contribution in [0.3, 0.4) is 0 Å². The molecule has 206 valence electrons. The number of nitrogens with one attached hydrogen (secondary N) is 2. The lowest BCUT2D eigenvalue weighted by Crippen LogP contribution is -2.48. The number of amides is 2. The third-order valence-corrected chi connectivity index (χ3v) is 5.88. The van der Waals surface area contributed by atoms with Crippen LogP contribution < -0.4 is 15.4 Å². The van der Waals surface area contributed by atoms with E-state index >= 15 is 0 Å². The first-order chi connectivity index (χ1) is 17.3. The van der Waals surface area contributed by atoms with Crippen molar-refractivity contribution in [3.05, 3.63) is 54.1 Å². The lowest BCUT2D eigenvalue weighted by atomic mass is 9.82. The minimum absolute atomic E-state index is 0.121. The van der Waals surface area contributed by atoms with Gasteiger partial charge in [-0.3, -0.25) is 9.59 Å². The van der Waals surface area contributed by atoms with Gasteiger partial charge in [-0.2, -0.15) is 0 Å². The van der Waals surface area contributed by atoms with Crippen LogP contribution in [0.2, 0.25) is 0 Å². The minimum Gasteiger partial charge on any atom is -0.405 e. The van der Waals surface area contributed by atoms with E-state index in [0.717, 1.165) is 5.56 Å². The number of fused-ring (bicyclic) bond motifs is 1. The summed E-state index contributed by atoms with van der Waals surface area (Å²) in [4.78, 5) is 26.0. The van der Waals surface area contributed by atoms with Gasteiger partial charge in [0.1, 0.15) is 12.3 Å². The van der Waals surface area contributed by atoms with E-state index < -0.39 is 22.9 Å². The normalized spacial score (nSPS) is 12.9. The first kappa shape index (κ1) is 29.1. The predicted molar refractivity (Wildman–Crippen MR) is 143 cm³/mol. The number of carbonyl (C=O) groups excluding carboxylic acids is 2. The van der Waals surface area contributed by atoms with E-state index in [-0.39, 0.29) is 29.7 Å². The summed E-state index contributed by atoms with van der Waals surface area (Å²) in [6.45, 7) is 14.8. The smallest absolute Gasteiger partial charge is 0.405 e. The highest BCUT2D eigenvalue weighted by molar-refractivity contribution is 5.93. The number of ether oxygens (including phenoxy) is 1. The zero-order valence-electron chi connectivity index (χ0n) is 23.1. The molecule has 0 atom stereocenters. The third-order valence-electron chi connectivity index (χ3n) is 5.88. The monoisotopic (exact) mass is 531 g/mol. The second-order valence-corrected chi connectivity index (χ2v) is 12.1. The zero-order valence-corrected chi connectivity index (χ0v) is 23.1. The van der Waals surface area contributed by atoms with E-state index in [2.05, 4.69) is 15.4 Å². The molecule has 38 heavy (non-hydrogen) atoms. The Balaban J connectivity index is 2.18. The summed E-state index contributed by atoms with van der Waals surface area (Å²) in [6.07, 6.45) is -4.88. The Hall–Kier alpha value is -3.49. The number of hydrogen-bond donors (Lipinski definition) is 2. The van der Waals surface area contributed by atoms with Gasteiger partial charge < -0.3 is 19.9 Å². The molecule has 0 saturated heterocycles. The second-order valence-electron chi connectivity index (χ2n) is 12.1. The van der Waals surface area contributed by atoms with Crippen molar-refractivity contribution in [1.29, 1.82) is 0 Å². The summed E-state index contributed by atoms with van der Waals surface area (Å²) < 4.78 is 45.5. The summed E-state index contributed by atoms with van der Waals surface area (Å²) in [5.41, 5.74) is 0.155. The third kappa shape index (κ3) is 7.08. The number of nitrogens with zero attached hydrogens (tertiary/aromatic N) is 1. The molecule has 2 aromatic carbocycles. The Morgan fingerprint density at radius 3 is 2.03 bits per heavy atom. The average molecular weight is 532 g/mol. The van der Waals surface area contributed by atoms with Crippen LogP contribution in [0, 0.1) is 0 Å². The van der Waals surface area contributed by atoms with Gasteiger partial charge in [0.15, 0.2) is 0 Å². The Morgan fingerprint density at radius 2 is 1.45 bits per heavy atom. The van der Waals surface area contributed by atoms with Gasteiger partial charge in [0.25, 0.3) is 0 Å². The minimum atomic E-state index is -4.88. The zero-order chi connectivity index (χ0) is 28.7. The average Bonchev–Trinajstić information content (AvgIpc) is 3.07. The van der Waals surface area contributed by atoms with E-state index in [1.807, 2.05) is 67.5 Å². The molecule has 2 N–H and O–H groups in total. The maximum absolute atomic E-state index is 13.2. The van der Waals surface area contributed by atoms with Crippen LogP contribution in [0.5, 0.6) is 5.75 Å². The molecule has 6 nitrogen and oxygen atoms in total. The Kier molecular flexibility index (Phi) is 7.65. The highest BCUT2D eigenvalue weighted by Gasteiger charge is 2.34. The lowest BCUT2D eigenvalue weighted by Gasteiger charge is -2.30. The van der Waals surface area contributed by atoms with Crippen molar-refractivity contribution in [2.24, 2.45) is 0 Å². The molecular formula is C29H36F3N3O3. The quantitative estimate of drug-likeness (QED) is 0.391. The summed E-state index contributed by atoms with van der Waals surface area (Å²) in [5, 5.41) is 6.59. The first-order valence-corrected chi connectivity index (χ1v) is 12.4. The topological polar surface area (TPSA) is 72.4 Å². The van der Waals surface area contributed by atoms with Gasteiger partial charge in [-0.1, -0.05) is 18.2 Å². The van der Waals surface area contributed by atoms with Gasteiger partial charge >= 0.3 is 6.36 Å². The summed E-state index contributed by atoms with van der Waals surface area (Å²) in [5.74, 6) is -0.817. The van der Waals surface area contributed by atoms with E-state index in [1.54, 1.807) is 22.8 Å². The Morgan fingerprint density at radius 1 is 0.842 bits per heavy atom. The number of para-hydroxylation sites is 1. The molecule has 0 unspecified atom stereocenters. The van der Waals surface area contributed by atoms with Crippen molar-refractivity contribution in [2.45, 2.75) is 84.8 Å². The van der Waals surface area contributed by atoms with Crippen LogP contribution in [0.15, 0.2) is 48.5 Å². The van der Waals surface area contributed by atoms with Crippen LogP contribution in [0.4, 0.5) is 13.2 Å². The summed E-state index contributed by atoms with van der Waals surface area (Å²) in [6, 6.07) is 13.0. The molecule has 0 bridgehead atoms. The van der Waals surface area contributed by atoms with Gasteiger partial charge in [0.2, 0.25) is 11.8 Å². The van der Waals surface area contributed by atoms with E-state index in [4.69, 9.17) is 0 Å². The molecular weight excluding hydrogens is 495 g/mol. The van der Waals surface area contributed by atoms with Crippen LogP contribution in [-0.2, 0) is 21.5 Å². The van der Waals surface area contributed by atoms with E-state index in [9.17, 15) is 22.8 Å². The fourth-order valence-electron chi connectivity index (χ4n) is 4.17. The molecule has 1 aromatic heterocycles. The van der Waals surface area contributed by atoms with E-state index in [1.165, 1.54) is 18.2 Å². The number of aromatic nitrogens is 1. The Labute approximate surface area is 221 Å². The number of alkyl halides is 3. The molecule has 0 radical (unpaired) electrons. The van der Waals surface area contributed by atoms with Crippen LogP contribution in [0.1, 0.15) is 61.0 Å². The Bertz CT molecular complexity index is 1340. The van der Waals surface area contributed by atoms with Gasteiger partial charge in [-0.05, 0) is 91.3 Å². The van der Waals surface area contributed by atoms with Crippen molar-refractivity contribution in [3.8, 4) is 17.0 Å². The molecule has 0 aliphatic carbocycles. The molecule has 3 rings (SSSR count). The maximum atomic E-state index is 13.2. The predicted octanol–water partition coefficient (Wildman–Crippen LogP) is 6.31. The molecule has 0 aliphatic rings. The lowest BCUT2D eigenvalue weighted by molar-refractivity contribution is -0.274. The van der Waals surface area contributed by atoms with Gasteiger partial charge in [-0.15, -0.1) is 13.2 Å². The SMILES string of the molecule is CC(C)(C)NC(=O)Cn1c(-c2ccccc2OC(F)(F)F)cc2cc(C(C)(C)C(=O)NC(C)(C)C)ccc21.